The first kappa shape index (κ1) is 61.1. The molecule has 0 amide bonds. The number of hydrogen-bond donors (Lipinski definition) is 7. The van der Waals surface area contributed by atoms with Crippen molar-refractivity contribution in [1.82, 2.24) is 0 Å². The molecule has 2 fully saturated rings. The highest BCUT2D eigenvalue weighted by atomic mass is 16.7. The number of aliphatic hydroxyl groups excluding tert-OH is 7. The van der Waals surface area contributed by atoms with Crippen molar-refractivity contribution < 1.29 is 73.8 Å². The molecule has 0 bridgehead atoms. The summed E-state index contributed by atoms with van der Waals surface area (Å²) in [6.07, 6.45) is 29.4. The molecule has 68 heavy (non-hydrogen) atoms. The Morgan fingerprint density at radius 2 is 0.897 bits per heavy atom. The van der Waals surface area contributed by atoms with Crippen molar-refractivity contribution in [3.05, 3.63) is 72.9 Å². The Bertz CT molecular complexity index is 1460. The maximum Gasteiger partial charge on any atom is 0.306 e. The molecular weight excluding hydrogens is 877 g/mol. The average Bonchev–Trinajstić information content (AvgIpc) is 3.33. The van der Waals surface area contributed by atoms with Crippen molar-refractivity contribution in [1.29, 1.82) is 0 Å². The second kappa shape index (κ2) is 39.6. The van der Waals surface area contributed by atoms with Crippen molar-refractivity contribution >= 4 is 11.9 Å². The maximum absolute atomic E-state index is 13.0. The van der Waals surface area contributed by atoms with Crippen LogP contribution in [0.3, 0.4) is 0 Å². The summed E-state index contributed by atoms with van der Waals surface area (Å²) in [4.78, 5) is 25.7. The lowest BCUT2D eigenvalue weighted by atomic mass is 9.98. The minimum absolute atomic E-state index is 0.107. The van der Waals surface area contributed by atoms with Crippen molar-refractivity contribution in [3.63, 3.8) is 0 Å². The van der Waals surface area contributed by atoms with Crippen LogP contribution in [-0.2, 0) is 38.0 Å². The summed E-state index contributed by atoms with van der Waals surface area (Å²) in [7, 11) is 0. The van der Waals surface area contributed by atoms with Gasteiger partial charge in [-0.3, -0.25) is 9.59 Å². The highest BCUT2D eigenvalue weighted by Gasteiger charge is 2.47. The van der Waals surface area contributed by atoms with Crippen molar-refractivity contribution in [2.75, 3.05) is 26.4 Å². The van der Waals surface area contributed by atoms with Crippen LogP contribution >= 0.6 is 0 Å². The Labute approximate surface area is 406 Å². The standard InChI is InChI=1S/C53H88O15/c1-3-5-7-9-11-13-15-17-19-20-22-23-25-27-29-31-33-35-44(55)63-38-41(66-45(56)36-34-32-30-28-26-24-21-18-16-14-12-10-8-6-4-2)39-64-52-51(62)49(60)47(58)43(68-52)40-65-53-50(61)48(59)46(57)42(37-54)67-53/h11,13,17-19,21-23,26-29,41-43,46-54,57-62H,3-10,12,14-16,20,24-25,30-40H2,1-2H3/b13-11+,19-17+,21-18+,23-22+,28-26+,29-27+/t41-,42+,43+,46-,47-,48?,49?,50?,51?,52+,53+/m0/s1. The number of rotatable bonds is 38. The fourth-order valence-electron chi connectivity index (χ4n) is 7.41. The number of esters is 2. The highest BCUT2D eigenvalue weighted by molar-refractivity contribution is 5.70. The monoisotopic (exact) mass is 965 g/mol. The van der Waals surface area contributed by atoms with Crippen LogP contribution in [0.2, 0.25) is 0 Å². The number of ether oxygens (including phenoxy) is 6. The van der Waals surface area contributed by atoms with Gasteiger partial charge in [0, 0.05) is 12.8 Å². The molecule has 2 heterocycles. The fraction of sp³-hybridized carbons (Fsp3) is 0.736. The SMILES string of the molecule is CCCCC/C=C/C/C=C/C/C=C/C/C=C/CCCC(=O)OC[C@@H](CO[C@@H]1O[C@H](CO[C@@H]2O[C@H](CO)[C@H](O)C(O)C2O)[C@H](O)C(O)C1O)OC(=O)CCCC/C=C/C/C=C/CCCCCCCC. The molecular formula is C53H88O15. The third kappa shape index (κ3) is 27.4. The molecule has 0 radical (unpaired) electrons. The largest absolute Gasteiger partial charge is 0.462 e. The zero-order valence-electron chi connectivity index (χ0n) is 41.1. The van der Waals surface area contributed by atoms with Gasteiger partial charge in [0.05, 0.1) is 19.8 Å². The lowest BCUT2D eigenvalue weighted by Gasteiger charge is -2.42. The summed E-state index contributed by atoms with van der Waals surface area (Å²) >= 11 is 0. The van der Waals surface area contributed by atoms with E-state index in [1.807, 2.05) is 12.2 Å². The van der Waals surface area contributed by atoms with Gasteiger partial charge in [0.25, 0.3) is 0 Å². The summed E-state index contributed by atoms with van der Waals surface area (Å²) in [5.74, 6) is -1.04. The molecule has 2 rings (SSSR count). The Hall–Kier alpha value is -3.06. The van der Waals surface area contributed by atoms with Crippen LogP contribution in [0.4, 0.5) is 0 Å². The zero-order chi connectivity index (χ0) is 49.6. The number of carbonyl (C=O) groups is 2. The molecule has 7 N–H and O–H groups in total. The summed E-state index contributed by atoms with van der Waals surface area (Å²) in [6.45, 7) is 2.44. The van der Waals surface area contributed by atoms with E-state index < -0.39 is 99.3 Å². The van der Waals surface area contributed by atoms with Crippen molar-refractivity contribution in [2.24, 2.45) is 0 Å². The van der Waals surface area contributed by atoms with E-state index in [4.69, 9.17) is 28.4 Å². The van der Waals surface area contributed by atoms with Crippen LogP contribution < -0.4 is 0 Å². The van der Waals surface area contributed by atoms with Gasteiger partial charge in [-0.05, 0) is 83.5 Å². The maximum atomic E-state index is 13.0. The molecule has 0 spiro atoms. The predicted octanol–water partition coefficient (Wildman–Crippen LogP) is 7.04. The molecule has 2 aliphatic rings. The van der Waals surface area contributed by atoms with E-state index in [1.165, 1.54) is 57.8 Å². The first-order valence-electron chi connectivity index (χ1n) is 25.5. The summed E-state index contributed by atoms with van der Waals surface area (Å²) < 4.78 is 33.4. The van der Waals surface area contributed by atoms with Gasteiger partial charge >= 0.3 is 11.9 Å². The molecule has 4 unspecified atom stereocenters. The van der Waals surface area contributed by atoms with E-state index in [0.717, 1.165) is 51.4 Å². The Morgan fingerprint density at radius 1 is 0.471 bits per heavy atom. The molecule has 0 saturated carbocycles. The average molecular weight is 965 g/mol. The molecule has 2 aliphatic heterocycles. The molecule has 0 aliphatic carbocycles. The van der Waals surface area contributed by atoms with E-state index in [-0.39, 0.29) is 19.4 Å². The van der Waals surface area contributed by atoms with Crippen LogP contribution in [0.15, 0.2) is 72.9 Å². The number of allylic oxidation sites excluding steroid dienone is 12. The molecule has 15 nitrogen and oxygen atoms in total. The van der Waals surface area contributed by atoms with Gasteiger partial charge in [0.15, 0.2) is 18.7 Å². The minimum Gasteiger partial charge on any atom is -0.462 e. The third-order valence-corrected chi connectivity index (χ3v) is 11.7. The molecule has 390 valence electrons. The van der Waals surface area contributed by atoms with Crippen LogP contribution in [0.25, 0.3) is 0 Å². The molecule has 0 aromatic carbocycles. The molecule has 15 heteroatoms. The lowest BCUT2D eigenvalue weighted by molar-refractivity contribution is -0.332. The third-order valence-electron chi connectivity index (χ3n) is 11.7. The first-order chi connectivity index (χ1) is 33.0. The zero-order valence-corrected chi connectivity index (χ0v) is 41.1. The minimum atomic E-state index is -1.78. The van der Waals surface area contributed by atoms with E-state index in [2.05, 4.69) is 74.6 Å². The highest BCUT2D eigenvalue weighted by Crippen LogP contribution is 2.26. The van der Waals surface area contributed by atoms with Gasteiger partial charge in [0.1, 0.15) is 55.4 Å². The van der Waals surface area contributed by atoms with Gasteiger partial charge < -0.3 is 64.2 Å². The molecule has 2 saturated heterocycles. The van der Waals surface area contributed by atoms with Crippen molar-refractivity contribution in [2.45, 2.75) is 223 Å². The van der Waals surface area contributed by atoms with Gasteiger partial charge in [-0.15, -0.1) is 0 Å². The topological polar surface area (TPSA) is 231 Å². The van der Waals surface area contributed by atoms with Crippen LogP contribution in [0.5, 0.6) is 0 Å². The van der Waals surface area contributed by atoms with Crippen LogP contribution in [0, 0.1) is 0 Å². The first-order valence-corrected chi connectivity index (χ1v) is 25.5. The van der Waals surface area contributed by atoms with Crippen molar-refractivity contribution in [3.8, 4) is 0 Å². The molecule has 0 aromatic rings. The summed E-state index contributed by atoms with van der Waals surface area (Å²) in [5, 5.41) is 72.0. The van der Waals surface area contributed by atoms with E-state index in [0.29, 0.717) is 19.3 Å². The lowest BCUT2D eigenvalue weighted by Crippen LogP contribution is -2.61. The van der Waals surface area contributed by atoms with E-state index in [9.17, 15) is 45.3 Å². The molecule has 11 atom stereocenters. The quantitative estimate of drug-likeness (QED) is 0.0187. The Morgan fingerprint density at radius 3 is 1.46 bits per heavy atom. The van der Waals surface area contributed by atoms with Gasteiger partial charge in [-0.25, -0.2) is 0 Å². The number of carbonyl (C=O) groups excluding carboxylic acids is 2. The fourth-order valence-corrected chi connectivity index (χ4v) is 7.41. The van der Waals surface area contributed by atoms with Gasteiger partial charge in [-0.1, -0.05) is 132 Å². The van der Waals surface area contributed by atoms with Gasteiger partial charge in [-0.2, -0.15) is 0 Å². The summed E-state index contributed by atoms with van der Waals surface area (Å²) in [5.41, 5.74) is 0. The Balaban J connectivity index is 1.86. The number of aliphatic hydroxyl groups is 7. The van der Waals surface area contributed by atoms with E-state index in [1.54, 1.807) is 0 Å². The smallest absolute Gasteiger partial charge is 0.306 e. The van der Waals surface area contributed by atoms with Crippen LogP contribution in [0.1, 0.15) is 155 Å². The summed E-state index contributed by atoms with van der Waals surface area (Å²) in [6, 6.07) is 0. The number of hydrogen-bond acceptors (Lipinski definition) is 15. The van der Waals surface area contributed by atoms with Gasteiger partial charge in [0.2, 0.25) is 0 Å². The van der Waals surface area contributed by atoms with E-state index >= 15 is 0 Å². The van der Waals surface area contributed by atoms with Crippen LogP contribution in [-0.4, -0.2) is 142 Å². The second-order valence-electron chi connectivity index (χ2n) is 17.6. The Kier molecular flexibility index (Phi) is 35.6. The predicted molar refractivity (Wildman–Crippen MR) is 261 cm³/mol. The number of unbranched alkanes of at least 4 members (excludes halogenated alkanes) is 12. The molecule has 0 aromatic heterocycles. The second-order valence-corrected chi connectivity index (χ2v) is 17.6. The normalized spacial score (nSPS) is 26.4.